The zero-order valence-electron chi connectivity index (χ0n) is 12.4. The fourth-order valence-electron chi connectivity index (χ4n) is 2.85. The van der Waals surface area contributed by atoms with Crippen molar-refractivity contribution in [2.75, 3.05) is 6.54 Å². The fourth-order valence-corrected chi connectivity index (χ4v) is 2.85. The van der Waals surface area contributed by atoms with Gasteiger partial charge in [-0.2, -0.15) is 0 Å². The van der Waals surface area contributed by atoms with Gasteiger partial charge in [0.2, 0.25) is 5.91 Å². The Balaban J connectivity index is 2.09. The van der Waals surface area contributed by atoms with Gasteiger partial charge in [0.05, 0.1) is 12.0 Å². The van der Waals surface area contributed by atoms with E-state index in [1.165, 1.54) is 0 Å². The van der Waals surface area contributed by atoms with Crippen LogP contribution in [0.1, 0.15) is 26.7 Å². The molecule has 1 aliphatic heterocycles. The van der Waals surface area contributed by atoms with Crippen LogP contribution in [0.25, 0.3) is 0 Å². The summed E-state index contributed by atoms with van der Waals surface area (Å²) in [5.41, 5.74) is 0. The van der Waals surface area contributed by atoms with E-state index in [9.17, 15) is 14.7 Å². The van der Waals surface area contributed by atoms with Gasteiger partial charge in [0.25, 0.3) is 0 Å². The molecule has 2 amide bonds. The molecule has 0 radical (unpaired) electrons. The Morgan fingerprint density at radius 2 is 2.10 bits per heavy atom. The van der Waals surface area contributed by atoms with Crippen LogP contribution in [0.15, 0.2) is 30.3 Å². The van der Waals surface area contributed by atoms with Crippen LogP contribution < -0.4 is 4.74 Å². The molecule has 1 unspecified atom stereocenters. The number of imide groups is 1. The zero-order chi connectivity index (χ0) is 15.4. The van der Waals surface area contributed by atoms with E-state index >= 15 is 0 Å². The Morgan fingerprint density at radius 1 is 1.43 bits per heavy atom. The Bertz CT molecular complexity index is 500. The number of piperidine rings is 1. The minimum Gasteiger partial charge on any atom is -0.410 e. The van der Waals surface area contributed by atoms with Crippen molar-refractivity contribution in [1.29, 1.82) is 0 Å². The Hall–Kier alpha value is -1.88. The van der Waals surface area contributed by atoms with Gasteiger partial charge >= 0.3 is 6.09 Å². The maximum Gasteiger partial charge on any atom is 0.421 e. The maximum atomic E-state index is 12.4. The first kappa shape index (κ1) is 15.5. The summed E-state index contributed by atoms with van der Waals surface area (Å²) in [5.74, 6) is -0.365. The van der Waals surface area contributed by atoms with Gasteiger partial charge in [0.1, 0.15) is 5.75 Å². The second-order valence-electron chi connectivity index (χ2n) is 5.39. The summed E-state index contributed by atoms with van der Waals surface area (Å²) >= 11 is 0. The van der Waals surface area contributed by atoms with E-state index in [-0.39, 0.29) is 11.8 Å². The number of benzene rings is 1. The van der Waals surface area contributed by atoms with Crippen molar-refractivity contribution in [3.8, 4) is 5.75 Å². The predicted octanol–water partition coefficient (Wildman–Crippen LogP) is 2.44. The second kappa shape index (κ2) is 6.72. The van der Waals surface area contributed by atoms with E-state index < -0.39 is 18.1 Å². The van der Waals surface area contributed by atoms with Crippen LogP contribution in [0.2, 0.25) is 0 Å². The first-order chi connectivity index (χ1) is 10.0. The quantitative estimate of drug-likeness (QED) is 0.929. The lowest BCUT2D eigenvalue weighted by molar-refractivity contribution is -0.143. The highest BCUT2D eigenvalue weighted by Crippen LogP contribution is 2.30. The number of hydrogen-bond acceptors (Lipinski definition) is 4. The summed E-state index contributed by atoms with van der Waals surface area (Å²) < 4.78 is 5.21. The van der Waals surface area contributed by atoms with Crippen LogP contribution in [0.4, 0.5) is 4.79 Å². The van der Waals surface area contributed by atoms with Crippen LogP contribution >= 0.6 is 0 Å². The van der Waals surface area contributed by atoms with E-state index in [1.54, 1.807) is 31.2 Å². The largest absolute Gasteiger partial charge is 0.421 e. The van der Waals surface area contributed by atoms with Crippen LogP contribution in [-0.2, 0) is 4.79 Å². The van der Waals surface area contributed by atoms with Crippen molar-refractivity contribution in [2.45, 2.75) is 32.8 Å². The molecule has 0 aromatic heterocycles. The van der Waals surface area contributed by atoms with Gasteiger partial charge in [-0.05, 0) is 31.4 Å². The maximum absolute atomic E-state index is 12.4. The summed E-state index contributed by atoms with van der Waals surface area (Å²) in [4.78, 5) is 25.7. The van der Waals surface area contributed by atoms with Gasteiger partial charge in [-0.15, -0.1) is 0 Å². The first-order valence-electron chi connectivity index (χ1n) is 7.31. The molecule has 1 fully saturated rings. The lowest BCUT2D eigenvalue weighted by atomic mass is 9.80. The summed E-state index contributed by atoms with van der Waals surface area (Å²) in [6.45, 7) is 3.93. The minimum atomic E-state index is -0.769. The highest BCUT2D eigenvalue weighted by atomic mass is 16.6. The van der Waals surface area contributed by atoms with Crippen LogP contribution in [0.3, 0.4) is 0 Å². The normalized spacial score (nSPS) is 23.8. The van der Waals surface area contributed by atoms with Crippen molar-refractivity contribution in [1.82, 2.24) is 4.90 Å². The number of rotatable bonds is 3. The average molecular weight is 291 g/mol. The molecule has 5 nitrogen and oxygen atoms in total. The van der Waals surface area contributed by atoms with Crippen LogP contribution in [0.5, 0.6) is 5.75 Å². The number of ether oxygens (including phenoxy) is 1. The molecule has 1 aromatic carbocycles. The van der Waals surface area contributed by atoms with Crippen LogP contribution in [0, 0.1) is 11.8 Å². The number of carbonyl (C=O) groups is 2. The molecular formula is C16H21NO4. The summed E-state index contributed by atoms with van der Waals surface area (Å²) in [6, 6.07) is 8.65. The van der Waals surface area contributed by atoms with Crippen LogP contribution in [-0.4, -0.2) is 34.7 Å². The lowest BCUT2D eigenvalue weighted by Gasteiger charge is -2.37. The highest BCUT2D eigenvalue weighted by Gasteiger charge is 2.41. The molecule has 0 saturated carbocycles. The topological polar surface area (TPSA) is 66.8 Å². The number of nitrogens with zero attached hydrogens (tertiary/aromatic N) is 1. The Kier molecular flexibility index (Phi) is 4.96. The highest BCUT2D eigenvalue weighted by molar-refractivity contribution is 5.95. The van der Waals surface area contributed by atoms with Gasteiger partial charge in [-0.1, -0.05) is 31.5 Å². The van der Waals surface area contributed by atoms with E-state index in [0.717, 1.165) is 11.3 Å². The fraction of sp³-hybridized carbons (Fsp3) is 0.500. The SMILES string of the molecule is CC[C@@H]1CCN(C(=O)Oc2ccccc2)C(=O)[C@H]1C(C)O. The van der Waals surface area contributed by atoms with Gasteiger partial charge in [0.15, 0.2) is 0 Å². The van der Waals surface area contributed by atoms with Gasteiger partial charge in [-0.25, -0.2) is 9.69 Å². The number of aliphatic hydroxyl groups is 1. The predicted molar refractivity (Wildman–Crippen MR) is 77.7 cm³/mol. The molecule has 0 bridgehead atoms. The van der Waals surface area contributed by atoms with E-state index in [2.05, 4.69) is 0 Å². The third-order valence-electron chi connectivity index (χ3n) is 4.00. The van der Waals surface area contributed by atoms with Crippen molar-refractivity contribution in [3.63, 3.8) is 0 Å². The molecule has 1 N–H and O–H groups in total. The number of hydrogen-bond donors (Lipinski definition) is 1. The monoisotopic (exact) mass is 291 g/mol. The molecule has 1 aromatic rings. The number of para-hydroxylation sites is 1. The molecule has 3 atom stereocenters. The average Bonchev–Trinajstić information content (AvgIpc) is 2.47. The standard InChI is InChI=1S/C16H21NO4/c1-3-12-9-10-17(15(19)14(12)11(2)18)16(20)21-13-7-5-4-6-8-13/h4-8,11-12,14,18H,3,9-10H2,1-2H3/t11?,12-,14+/m1/s1. The number of likely N-dealkylation sites (tertiary alicyclic amines) is 1. The third-order valence-corrected chi connectivity index (χ3v) is 4.00. The third kappa shape index (κ3) is 3.42. The molecule has 0 aliphatic carbocycles. The van der Waals surface area contributed by atoms with Gasteiger partial charge in [-0.3, -0.25) is 4.79 Å². The summed E-state index contributed by atoms with van der Waals surface area (Å²) in [7, 11) is 0. The van der Waals surface area contributed by atoms with Gasteiger partial charge < -0.3 is 9.84 Å². The van der Waals surface area contributed by atoms with Gasteiger partial charge in [0, 0.05) is 6.54 Å². The number of aliphatic hydroxyl groups excluding tert-OH is 1. The molecule has 1 aliphatic rings. The first-order valence-corrected chi connectivity index (χ1v) is 7.31. The Morgan fingerprint density at radius 3 is 2.67 bits per heavy atom. The minimum absolute atomic E-state index is 0.110. The second-order valence-corrected chi connectivity index (χ2v) is 5.39. The lowest BCUT2D eigenvalue weighted by Crippen LogP contribution is -2.52. The number of carbonyl (C=O) groups excluding carboxylic acids is 2. The van der Waals surface area contributed by atoms with Crippen molar-refractivity contribution in [3.05, 3.63) is 30.3 Å². The molecule has 114 valence electrons. The summed E-state index contributed by atoms with van der Waals surface area (Å²) in [6.07, 6.45) is 0.0612. The molecule has 1 saturated heterocycles. The molecule has 2 rings (SSSR count). The van der Waals surface area contributed by atoms with Crippen molar-refractivity contribution < 1.29 is 19.4 Å². The van der Waals surface area contributed by atoms with Crippen molar-refractivity contribution in [2.24, 2.45) is 11.8 Å². The molecule has 1 heterocycles. The Labute approximate surface area is 124 Å². The van der Waals surface area contributed by atoms with E-state index in [4.69, 9.17) is 4.74 Å². The molecule has 21 heavy (non-hydrogen) atoms. The smallest absolute Gasteiger partial charge is 0.410 e. The molecular weight excluding hydrogens is 270 g/mol. The molecule has 5 heteroatoms. The van der Waals surface area contributed by atoms with Crippen molar-refractivity contribution >= 4 is 12.0 Å². The molecule has 0 spiro atoms. The van der Waals surface area contributed by atoms with E-state index in [0.29, 0.717) is 18.7 Å². The summed E-state index contributed by atoms with van der Waals surface area (Å²) in [5, 5.41) is 9.84. The van der Waals surface area contributed by atoms with E-state index in [1.807, 2.05) is 13.0 Å². The number of amides is 2. The zero-order valence-corrected chi connectivity index (χ0v) is 12.4.